The molecule has 3 rings (SSSR count). The molecule has 0 unspecified atom stereocenters. The van der Waals surface area contributed by atoms with Gasteiger partial charge in [-0.1, -0.05) is 56.3 Å². The van der Waals surface area contributed by atoms with Gasteiger partial charge in [0.1, 0.15) is 6.54 Å². The predicted molar refractivity (Wildman–Crippen MR) is 95.3 cm³/mol. The van der Waals surface area contributed by atoms with Crippen molar-refractivity contribution in [3.63, 3.8) is 0 Å². The Kier molecular flexibility index (Phi) is 4.84. The number of para-hydroxylation sites is 2. The van der Waals surface area contributed by atoms with Crippen LogP contribution in [-0.4, -0.2) is 15.6 Å². The zero-order valence-electron chi connectivity index (χ0n) is 13.3. The fourth-order valence-corrected chi connectivity index (χ4v) is 3.49. The molecule has 0 radical (unpaired) electrons. The van der Waals surface area contributed by atoms with E-state index in [2.05, 4.69) is 83.9 Å². The summed E-state index contributed by atoms with van der Waals surface area (Å²) in [5.74, 6) is 1.15. The second-order valence-corrected chi connectivity index (χ2v) is 7.52. The largest absolute Gasteiger partial charge is 0.245 e. The Morgan fingerprint density at radius 2 is 1.73 bits per heavy atom. The standard InChI is InChI=1S/C19H23N2S/c1-16(2)22-13-12-20-15-21(14-17-8-4-3-5-9-17)19-11-7-6-10-18(19)20/h3-11,15-16H,12-14H2,1-2H3/q+1. The zero-order valence-corrected chi connectivity index (χ0v) is 14.1. The lowest BCUT2D eigenvalue weighted by molar-refractivity contribution is -0.663. The fraction of sp³-hybridized carbons (Fsp3) is 0.316. The van der Waals surface area contributed by atoms with Crippen molar-refractivity contribution in [1.82, 2.24) is 4.57 Å². The van der Waals surface area contributed by atoms with Crippen LogP contribution in [0.4, 0.5) is 0 Å². The van der Waals surface area contributed by atoms with Crippen LogP contribution < -0.4 is 4.57 Å². The number of nitrogens with zero attached hydrogens (tertiary/aromatic N) is 2. The quantitative estimate of drug-likeness (QED) is 0.622. The summed E-state index contributed by atoms with van der Waals surface area (Å²) >= 11 is 2.02. The first-order valence-corrected chi connectivity index (χ1v) is 8.92. The average molecular weight is 311 g/mol. The fourth-order valence-electron chi connectivity index (χ4n) is 2.71. The van der Waals surface area contributed by atoms with Crippen LogP contribution in [0.5, 0.6) is 0 Å². The number of rotatable bonds is 6. The van der Waals surface area contributed by atoms with Crippen LogP contribution in [0.15, 0.2) is 60.9 Å². The van der Waals surface area contributed by atoms with Gasteiger partial charge in [-0.2, -0.15) is 11.8 Å². The van der Waals surface area contributed by atoms with Crippen molar-refractivity contribution in [1.29, 1.82) is 0 Å². The summed E-state index contributed by atoms with van der Waals surface area (Å²) < 4.78 is 4.73. The molecule has 0 saturated carbocycles. The van der Waals surface area contributed by atoms with Crippen LogP contribution in [0.3, 0.4) is 0 Å². The minimum Gasteiger partial charge on any atom is -0.229 e. The van der Waals surface area contributed by atoms with Crippen molar-refractivity contribution in [2.45, 2.75) is 32.2 Å². The SMILES string of the molecule is CC(C)SCCn1c[n+](Cc2ccccc2)c2ccccc21. The molecule has 0 fully saturated rings. The number of thioether (sulfide) groups is 1. The van der Waals surface area contributed by atoms with Gasteiger partial charge in [-0.25, -0.2) is 9.13 Å². The van der Waals surface area contributed by atoms with E-state index in [1.165, 1.54) is 16.6 Å². The van der Waals surface area contributed by atoms with Crippen molar-refractivity contribution in [2.24, 2.45) is 0 Å². The lowest BCUT2D eigenvalue weighted by Crippen LogP contribution is -2.32. The summed E-state index contributed by atoms with van der Waals surface area (Å²) in [6, 6.07) is 19.3. The molecular weight excluding hydrogens is 288 g/mol. The van der Waals surface area contributed by atoms with E-state index in [0.29, 0.717) is 5.25 Å². The molecule has 0 amide bonds. The number of benzene rings is 2. The van der Waals surface area contributed by atoms with Gasteiger partial charge in [0.15, 0.2) is 11.0 Å². The van der Waals surface area contributed by atoms with E-state index in [4.69, 9.17) is 0 Å². The molecule has 0 aliphatic rings. The molecule has 2 aromatic carbocycles. The predicted octanol–water partition coefficient (Wildman–Crippen LogP) is 4.12. The normalized spacial score (nSPS) is 11.4. The van der Waals surface area contributed by atoms with Gasteiger partial charge in [-0.3, -0.25) is 0 Å². The highest BCUT2D eigenvalue weighted by atomic mass is 32.2. The number of aromatic nitrogens is 2. The first kappa shape index (κ1) is 15.2. The van der Waals surface area contributed by atoms with Crippen LogP contribution in [0.25, 0.3) is 11.0 Å². The summed E-state index contributed by atoms with van der Waals surface area (Å²) in [6.45, 7) is 6.50. The van der Waals surface area contributed by atoms with Gasteiger partial charge in [0.2, 0.25) is 6.33 Å². The molecule has 0 aliphatic heterocycles. The third kappa shape index (κ3) is 3.53. The molecule has 1 aromatic heterocycles. The number of hydrogen-bond acceptors (Lipinski definition) is 1. The van der Waals surface area contributed by atoms with Crippen molar-refractivity contribution < 1.29 is 4.57 Å². The smallest absolute Gasteiger partial charge is 0.229 e. The Hall–Kier alpha value is -1.74. The van der Waals surface area contributed by atoms with Crippen LogP contribution in [0.1, 0.15) is 19.4 Å². The van der Waals surface area contributed by atoms with Crippen molar-refractivity contribution in [2.75, 3.05) is 5.75 Å². The molecule has 22 heavy (non-hydrogen) atoms. The molecular formula is C19H23N2S+. The Bertz CT molecular complexity index is 732. The van der Waals surface area contributed by atoms with E-state index in [1.807, 2.05) is 11.8 Å². The lowest BCUT2D eigenvalue weighted by Gasteiger charge is -2.02. The molecule has 2 nitrogen and oxygen atoms in total. The Morgan fingerprint density at radius 1 is 1.00 bits per heavy atom. The molecule has 0 N–H and O–H groups in total. The minimum absolute atomic E-state index is 0.693. The van der Waals surface area contributed by atoms with E-state index >= 15 is 0 Å². The van der Waals surface area contributed by atoms with Gasteiger partial charge < -0.3 is 0 Å². The van der Waals surface area contributed by atoms with Gasteiger partial charge in [0.25, 0.3) is 0 Å². The summed E-state index contributed by atoms with van der Waals surface area (Å²) in [7, 11) is 0. The highest BCUT2D eigenvalue weighted by molar-refractivity contribution is 7.99. The van der Waals surface area contributed by atoms with Crippen LogP contribution in [-0.2, 0) is 13.1 Å². The summed E-state index contributed by atoms with van der Waals surface area (Å²) in [4.78, 5) is 0. The van der Waals surface area contributed by atoms with E-state index in [-0.39, 0.29) is 0 Å². The molecule has 3 heteroatoms. The molecule has 0 atom stereocenters. The molecule has 0 spiro atoms. The third-order valence-electron chi connectivity index (χ3n) is 3.76. The zero-order chi connectivity index (χ0) is 15.4. The molecule has 0 saturated heterocycles. The Morgan fingerprint density at radius 3 is 2.50 bits per heavy atom. The van der Waals surface area contributed by atoms with Gasteiger partial charge in [-0.05, 0) is 22.9 Å². The second kappa shape index (κ2) is 7.01. The van der Waals surface area contributed by atoms with Crippen LogP contribution in [0.2, 0.25) is 0 Å². The van der Waals surface area contributed by atoms with Gasteiger partial charge >= 0.3 is 0 Å². The van der Waals surface area contributed by atoms with Crippen LogP contribution >= 0.6 is 11.8 Å². The van der Waals surface area contributed by atoms with Crippen molar-refractivity contribution in [3.05, 3.63) is 66.5 Å². The summed E-state index contributed by atoms with van der Waals surface area (Å²) in [6.07, 6.45) is 2.26. The van der Waals surface area contributed by atoms with Gasteiger partial charge in [-0.15, -0.1) is 0 Å². The topological polar surface area (TPSA) is 8.81 Å². The second-order valence-electron chi connectivity index (χ2n) is 5.83. The minimum atomic E-state index is 0.693. The Balaban J connectivity index is 1.87. The third-order valence-corrected chi connectivity index (χ3v) is 4.84. The number of hydrogen-bond donors (Lipinski definition) is 0. The Labute approximate surface area is 136 Å². The first-order valence-electron chi connectivity index (χ1n) is 7.87. The number of imidazole rings is 1. The van der Waals surface area contributed by atoms with Crippen molar-refractivity contribution >= 4 is 22.8 Å². The maximum Gasteiger partial charge on any atom is 0.245 e. The maximum atomic E-state index is 2.38. The molecule has 0 bridgehead atoms. The first-order chi connectivity index (χ1) is 10.7. The maximum absolute atomic E-state index is 2.38. The molecule has 1 heterocycles. The molecule has 3 aromatic rings. The van der Waals surface area contributed by atoms with E-state index in [9.17, 15) is 0 Å². The highest BCUT2D eigenvalue weighted by Crippen LogP contribution is 2.14. The summed E-state index contributed by atoms with van der Waals surface area (Å²) in [5, 5.41) is 0.693. The van der Waals surface area contributed by atoms with E-state index in [1.54, 1.807) is 0 Å². The average Bonchev–Trinajstić information content (AvgIpc) is 2.86. The number of aryl methyl sites for hydroxylation is 1. The lowest BCUT2D eigenvalue weighted by atomic mass is 10.2. The van der Waals surface area contributed by atoms with E-state index in [0.717, 1.165) is 18.8 Å². The monoisotopic (exact) mass is 311 g/mol. The van der Waals surface area contributed by atoms with Crippen LogP contribution in [0, 0.1) is 0 Å². The summed E-state index contributed by atoms with van der Waals surface area (Å²) in [5.41, 5.74) is 3.97. The highest BCUT2D eigenvalue weighted by Gasteiger charge is 2.15. The van der Waals surface area contributed by atoms with Gasteiger partial charge in [0.05, 0.1) is 6.54 Å². The number of fused-ring (bicyclic) bond motifs is 1. The van der Waals surface area contributed by atoms with Crippen molar-refractivity contribution in [3.8, 4) is 0 Å². The molecule has 0 aliphatic carbocycles. The van der Waals surface area contributed by atoms with Gasteiger partial charge in [0, 0.05) is 5.75 Å². The van der Waals surface area contributed by atoms with E-state index < -0.39 is 0 Å². The molecule has 114 valence electrons.